The second-order valence-electron chi connectivity index (χ2n) is 5.64. The molecule has 1 aliphatic heterocycles. The SMILES string of the molecule is CC(O)c1ccccc1NC(=O)CN1CCc2sccc2C1. The number of nitrogens with zero attached hydrogens (tertiary/aromatic N) is 1. The lowest BCUT2D eigenvalue weighted by Crippen LogP contribution is -2.36. The minimum Gasteiger partial charge on any atom is -0.389 e. The smallest absolute Gasteiger partial charge is 0.238 e. The van der Waals surface area contributed by atoms with E-state index in [2.05, 4.69) is 21.7 Å². The van der Waals surface area contributed by atoms with Crippen LogP contribution in [0.25, 0.3) is 0 Å². The number of carbonyl (C=O) groups excluding carboxylic acids is 1. The molecule has 1 amide bonds. The molecule has 0 bridgehead atoms. The summed E-state index contributed by atoms with van der Waals surface area (Å²) in [4.78, 5) is 15.9. The minimum absolute atomic E-state index is 0.0354. The van der Waals surface area contributed by atoms with Gasteiger partial charge in [0.2, 0.25) is 5.91 Å². The van der Waals surface area contributed by atoms with Crippen LogP contribution in [0.5, 0.6) is 0 Å². The Morgan fingerprint density at radius 2 is 2.23 bits per heavy atom. The van der Waals surface area contributed by atoms with Crippen LogP contribution in [0.3, 0.4) is 0 Å². The molecule has 3 rings (SSSR count). The van der Waals surface area contributed by atoms with Gasteiger partial charge in [0.15, 0.2) is 0 Å². The van der Waals surface area contributed by atoms with E-state index in [9.17, 15) is 9.90 Å². The van der Waals surface area contributed by atoms with Crippen molar-refractivity contribution in [2.24, 2.45) is 0 Å². The number of rotatable bonds is 4. The molecular weight excluding hydrogens is 296 g/mol. The molecular formula is C17H20N2O2S. The summed E-state index contributed by atoms with van der Waals surface area (Å²) in [6.07, 6.45) is 0.421. The normalized spacial score (nSPS) is 16.1. The Morgan fingerprint density at radius 3 is 3.05 bits per heavy atom. The number of carbonyl (C=O) groups is 1. The molecule has 1 atom stereocenters. The quantitative estimate of drug-likeness (QED) is 0.912. The summed E-state index contributed by atoms with van der Waals surface area (Å²) in [7, 11) is 0. The number of amides is 1. The van der Waals surface area contributed by atoms with E-state index in [4.69, 9.17) is 0 Å². The van der Waals surface area contributed by atoms with Crippen molar-refractivity contribution in [3.05, 3.63) is 51.7 Å². The predicted molar refractivity (Wildman–Crippen MR) is 89.0 cm³/mol. The number of fused-ring (bicyclic) bond motifs is 1. The first-order valence-electron chi connectivity index (χ1n) is 7.48. The van der Waals surface area contributed by atoms with Crippen LogP contribution in [0.1, 0.15) is 29.0 Å². The Balaban J connectivity index is 1.62. The Labute approximate surface area is 134 Å². The summed E-state index contributed by atoms with van der Waals surface area (Å²) in [6, 6.07) is 9.53. The zero-order valence-electron chi connectivity index (χ0n) is 12.6. The largest absolute Gasteiger partial charge is 0.389 e. The van der Waals surface area contributed by atoms with E-state index in [1.807, 2.05) is 24.3 Å². The van der Waals surface area contributed by atoms with Crippen molar-refractivity contribution in [1.29, 1.82) is 0 Å². The van der Waals surface area contributed by atoms with Crippen molar-refractivity contribution in [2.75, 3.05) is 18.4 Å². The van der Waals surface area contributed by atoms with Crippen LogP contribution in [0.15, 0.2) is 35.7 Å². The molecule has 1 aromatic heterocycles. The first-order chi connectivity index (χ1) is 10.6. The lowest BCUT2D eigenvalue weighted by Gasteiger charge is -2.26. The van der Waals surface area contributed by atoms with Gasteiger partial charge in [-0.15, -0.1) is 11.3 Å². The molecule has 2 aromatic rings. The highest BCUT2D eigenvalue weighted by Gasteiger charge is 2.19. The van der Waals surface area contributed by atoms with Gasteiger partial charge in [0.25, 0.3) is 0 Å². The maximum Gasteiger partial charge on any atom is 0.238 e. The molecule has 0 spiro atoms. The maximum atomic E-state index is 12.3. The van der Waals surface area contributed by atoms with Crippen molar-refractivity contribution < 1.29 is 9.90 Å². The van der Waals surface area contributed by atoms with Gasteiger partial charge < -0.3 is 10.4 Å². The highest BCUT2D eigenvalue weighted by atomic mass is 32.1. The third-order valence-corrected chi connectivity index (χ3v) is 4.96. The van der Waals surface area contributed by atoms with Crippen LogP contribution in [0.4, 0.5) is 5.69 Å². The van der Waals surface area contributed by atoms with Crippen LogP contribution in [0.2, 0.25) is 0 Å². The minimum atomic E-state index is -0.597. The molecule has 0 radical (unpaired) electrons. The van der Waals surface area contributed by atoms with Crippen LogP contribution in [-0.4, -0.2) is 29.0 Å². The summed E-state index contributed by atoms with van der Waals surface area (Å²) < 4.78 is 0. The van der Waals surface area contributed by atoms with E-state index >= 15 is 0 Å². The van der Waals surface area contributed by atoms with Gasteiger partial charge in [0.1, 0.15) is 0 Å². The lowest BCUT2D eigenvalue weighted by molar-refractivity contribution is -0.117. The first-order valence-corrected chi connectivity index (χ1v) is 8.36. The fourth-order valence-corrected chi connectivity index (χ4v) is 3.70. The van der Waals surface area contributed by atoms with E-state index in [-0.39, 0.29) is 5.91 Å². The van der Waals surface area contributed by atoms with Crippen molar-refractivity contribution in [1.82, 2.24) is 4.90 Å². The highest BCUT2D eigenvalue weighted by molar-refractivity contribution is 7.10. The number of aliphatic hydroxyl groups excluding tert-OH is 1. The number of para-hydroxylation sites is 1. The zero-order valence-corrected chi connectivity index (χ0v) is 13.4. The van der Waals surface area contributed by atoms with Crippen LogP contribution in [-0.2, 0) is 17.8 Å². The molecule has 0 aliphatic carbocycles. The lowest BCUT2D eigenvalue weighted by atomic mass is 10.1. The van der Waals surface area contributed by atoms with E-state index in [1.165, 1.54) is 10.4 Å². The summed E-state index contributed by atoms with van der Waals surface area (Å²) in [5, 5.41) is 14.8. The van der Waals surface area contributed by atoms with Gasteiger partial charge in [-0.25, -0.2) is 0 Å². The molecule has 1 aromatic carbocycles. The third-order valence-electron chi connectivity index (χ3n) is 3.94. The topological polar surface area (TPSA) is 52.6 Å². The van der Waals surface area contributed by atoms with E-state index in [0.717, 1.165) is 25.1 Å². The Bertz CT molecular complexity index is 666. The maximum absolute atomic E-state index is 12.3. The average Bonchev–Trinajstić information content (AvgIpc) is 2.95. The van der Waals surface area contributed by atoms with Crippen molar-refractivity contribution in [2.45, 2.75) is 26.0 Å². The van der Waals surface area contributed by atoms with E-state index in [1.54, 1.807) is 18.3 Å². The Kier molecular flexibility index (Phi) is 4.57. The standard InChI is InChI=1S/C17H20N2O2S/c1-12(20)14-4-2-3-5-15(14)18-17(21)11-19-8-6-16-13(10-19)7-9-22-16/h2-5,7,9,12,20H,6,8,10-11H2,1H3,(H,18,21). The molecule has 1 aliphatic rings. The van der Waals surface area contributed by atoms with Crippen LogP contribution in [0, 0.1) is 0 Å². The van der Waals surface area contributed by atoms with Crippen LogP contribution >= 0.6 is 11.3 Å². The number of anilines is 1. The summed E-state index contributed by atoms with van der Waals surface area (Å²) >= 11 is 1.80. The van der Waals surface area contributed by atoms with Gasteiger partial charge in [-0.3, -0.25) is 9.69 Å². The number of thiophene rings is 1. The fourth-order valence-electron chi connectivity index (χ4n) is 2.81. The molecule has 2 N–H and O–H groups in total. The Hall–Kier alpha value is -1.69. The van der Waals surface area contributed by atoms with Gasteiger partial charge in [-0.2, -0.15) is 0 Å². The summed E-state index contributed by atoms with van der Waals surface area (Å²) in [5.74, 6) is -0.0354. The molecule has 4 nitrogen and oxygen atoms in total. The number of benzene rings is 1. The van der Waals surface area contributed by atoms with E-state index in [0.29, 0.717) is 12.2 Å². The molecule has 2 heterocycles. The molecule has 0 saturated carbocycles. The fraction of sp³-hybridized carbons (Fsp3) is 0.353. The van der Waals surface area contributed by atoms with Gasteiger partial charge >= 0.3 is 0 Å². The van der Waals surface area contributed by atoms with Crippen molar-refractivity contribution >= 4 is 22.9 Å². The van der Waals surface area contributed by atoms with Crippen molar-refractivity contribution in [3.63, 3.8) is 0 Å². The second kappa shape index (κ2) is 6.60. The molecule has 5 heteroatoms. The van der Waals surface area contributed by atoms with Gasteiger partial charge in [0.05, 0.1) is 12.6 Å². The number of aliphatic hydroxyl groups is 1. The molecule has 0 saturated heterocycles. The van der Waals surface area contributed by atoms with Gasteiger partial charge in [-0.1, -0.05) is 18.2 Å². The van der Waals surface area contributed by atoms with Gasteiger partial charge in [-0.05, 0) is 36.4 Å². The third kappa shape index (κ3) is 3.38. The molecule has 116 valence electrons. The Morgan fingerprint density at radius 1 is 1.41 bits per heavy atom. The molecule has 22 heavy (non-hydrogen) atoms. The number of hydrogen-bond acceptors (Lipinski definition) is 4. The monoisotopic (exact) mass is 316 g/mol. The highest BCUT2D eigenvalue weighted by Crippen LogP contribution is 2.24. The zero-order chi connectivity index (χ0) is 15.5. The predicted octanol–water partition coefficient (Wildman–Crippen LogP) is 2.80. The average molecular weight is 316 g/mol. The number of nitrogens with one attached hydrogen (secondary N) is 1. The summed E-state index contributed by atoms with van der Waals surface area (Å²) in [5.41, 5.74) is 2.78. The van der Waals surface area contributed by atoms with Crippen molar-refractivity contribution in [3.8, 4) is 0 Å². The molecule has 0 fully saturated rings. The van der Waals surface area contributed by atoms with Crippen LogP contribution < -0.4 is 5.32 Å². The summed E-state index contributed by atoms with van der Waals surface area (Å²) in [6.45, 7) is 3.83. The molecule has 1 unspecified atom stereocenters. The number of hydrogen-bond donors (Lipinski definition) is 2. The second-order valence-corrected chi connectivity index (χ2v) is 6.64. The van der Waals surface area contributed by atoms with Gasteiger partial charge in [0, 0.05) is 29.2 Å². The first kappa shape index (κ1) is 15.2. The van der Waals surface area contributed by atoms with E-state index < -0.39 is 6.10 Å².